The third-order valence-corrected chi connectivity index (χ3v) is 7.88. The highest BCUT2D eigenvalue weighted by molar-refractivity contribution is 8.00. The molecule has 0 aromatic heterocycles. The van der Waals surface area contributed by atoms with Gasteiger partial charge in [0.1, 0.15) is 18.0 Å². The van der Waals surface area contributed by atoms with E-state index in [-0.39, 0.29) is 17.4 Å². The molecule has 0 fully saturated rings. The highest BCUT2D eigenvalue weighted by Gasteiger charge is 2.52. The lowest BCUT2D eigenvalue weighted by atomic mass is 9.68. The molecule has 0 radical (unpaired) electrons. The first kappa shape index (κ1) is 26.1. The molecule has 2 aromatic rings. The number of nitrogens with zero attached hydrogens (tertiary/aromatic N) is 1. The van der Waals surface area contributed by atoms with E-state index in [2.05, 4.69) is 24.3 Å². The van der Waals surface area contributed by atoms with Crippen LogP contribution >= 0.6 is 11.8 Å². The Morgan fingerprint density at radius 2 is 1.97 bits per heavy atom. The molecule has 1 amide bonds. The van der Waals surface area contributed by atoms with E-state index < -0.39 is 11.0 Å². The summed E-state index contributed by atoms with van der Waals surface area (Å²) in [5.41, 5.74) is 0.886. The van der Waals surface area contributed by atoms with Crippen molar-refractivity contribution in [3.8, 4) is 11.5 Å². The maximum Gasteiger partial charge on any atom is 0.410 e. The number of rotatable bonds is 8. The zero-order valence-electron chi connectivity index (χ0n) is 21.7. The molecule has 1 aliphatic carbocycles. The minimum absolute atomic E-state index is 0.146. The van der Waals surface area contributed by atoms with E-state index >= 15 is 0 Å². The van der Waals surface area contributed by atoms with Crippen LogP contribution in [0.2, 0.25) is 0 Å². The molecule has 1 aliphatic heterocycles. The van der Waals surface area contributed by atoms with Gasteiger partial charge in [-0.3, -0.25) is 0 Å². The van der Waals surface area contributed by atoms with Gasteiger partial charge in [0.15, 0.2) is 11.5 Å². The standard InChI is InChI=1S/C29H35NO5S/c1-28(2,3)35-27(32)30(4)17-16-29-15-13-22(36-21-9-7-6-8-10-21)19-24(29)34-26-23(33-5)12-11-20(14-18-31)25(26)29/h6-13,15,18,22,24H,14,16-17,19H2,1-5H3/t22-,24-,29-/m0/s1. The fourth-order valence-corrected chi connectivity index (χ4v) is 6.08. The van der Waals surface area contributed by atoms with Crippen molar-refractivity contribution in [3.63, 3.8) is 0 Å². The Bertz CT molecular complexity index is 1130. The molecule has 0 bridgehead atoms. The molecule has 0 saturated carbocycles. The molecule has 0 unspecified atom stereocenters. The molecular formula is C29H35NO5S. The highest BCUT2D eigenvalue weighted by atomic mass is 32.2. The normalized spacial score (nSPS) is 22.2. The second-order valence-corrected chi connectivity index (χ2v) is 11.7. The molecular weight excluding hydrogens is 474 g/mol. The number of carbonyl (C=O) groups is 2. The number of aldehydes is 1. The van der Waals surface area contributed by atoms with Gasteiger partial charge in [-0.25, -0.2) is 4.79 Å². The van der Waals surface area contributed by atoms with Crippen molar-refractivity contribution in [1.29, 1.82) is 0 Å². The number of methoxy groups -OCH3 is 1. The van der Waals surface area contributed by atoms with Gasteiger partial charge in [-0.1, -0.05) is 36.4 Å². The topological polar surface area (TPSA) is 65.1 Å². The predicted octanol–water partition coefficient (Wildman–Crippen LogP) is 5.81. The Morgan fingerprint density at radius 1 is 1.22 bits per heavy atom. The minimum Gasteiger partial charge on any atom is -0.493 e. The maximum atomic E-state index is 12.7. The summed E-state index contributed by atoms with van der Waals surface area (Å²) >= 11 is 1.81. The summed E-state index contributed by atoms with van der Waals surface area (Å²) < 4.78 is 17.8. The van der Waals surface area contributed by atoms with E-state index in [1.807, 2.05) is 62.9 Å². The lowest BCUT2D eigenvalue weighted by Gasteiger charge is -2.38. The third-order valence-electron chi connectivity index (χ3n) is 6.68. The van der Waals surface area contributed by atoms with Gasteiger partial charge >= 0.3 is 6.09 Å². The van der Waals surface area contributed by atoms with Crippen LogP contribution in [0.25, 0.3) is 0 Å². The average molecular weight is 510 g/mol. The number of carbonyl (C=O) groups excluding carboxylic acids is 2. The molecule has 0 N–H and O–H groups in total. The van der Waals surface area contributed by atoms with Crippen LogP contribution < -0.4 is 9.47 Å². The van der Waals surface area contributed by atoms with Crippen LogP contribution in [0.1, 0.15) is 44.7 Å². The minimum atomic E-state index is -0.563. The largest absolute Gasteiger partial charge is 0.493 e. The molecule has 2 aliphatic rings. The first-order chi connectivity index (χ1) is 17.2. The predicted molar refractivity (Wildman–Crippen MR) is 142 cm³/mol. The van der Waals surface area contributed by atoms with Crippen molar-refractivity contribution in [2.24, 2.45) is 0 Å². The fraction of sp³-hybridized carbons (Fsp3) is 0.448. The lowest BCUT2D eigenvalue weighted by molar-refractivity contribution is -0.107. The Kier molecular flexibility index (Phi) is 7.69. The van der Waals surface area contributed by atoms with Gasteiger partial charge in [0, 0.05) is 42.1 Å². The van der Waals surface area contributed by atoms with Crippen molar-refractivity contribution in [2.45, 2.75) is 67.3 Å². The van der Waals surface area contributed by atoms with Crippen LogP contribution in [0.15, 0.2) is 59.5 Å². The van der Waals surface area contributed by atoms with Crippen LogP contribution in [-0.2, 0) is 21.4 Å². The van der Waals surface area contributed by atoms with E-state index in [0.29, 0.717) is 30.9 Å². The number of amides is 1. The third kappa shape index (κ3) is 5.41. The van der Waals surface area contributed by atoms with Crippen LogP contribution in [0.3, 0.4) is 0 Å². The fourth-order valence-electron chi connectivity index (χ4n) is 4.99. The molecule has 7 heteroatoms. The van der Waals surface area contributed by atoms with Crippen molar-refractivity contribution in [3.05, 3.63) is 65.7 Å². The van der Waals surface area contributed by atoms with Gasteiger partial charge in [0.05, 0.1) is 12.5 Å². The Labute approximate surface area is 218 Å². The first-order valence-electron chi connectivity index (χ1n) is 12.3. The maximum absolute atomic E-state index is 12.7. The van der Waals surface area contributed by atoms with Gasteiger partial charge in [-0.15, -0.1) is 11.8 Å². The van der Waals surface area contributed by atoms with Crippen LogP contribution in [0.5, 0.6) is 11.5 Å². The van der Waals surface area contributed by atoms with Crippen molar-refractivity contribution >= 4 is 24.1 Å². The summed E-state index contributed by atoms with van der Waals surface area (Å²) in [5, 5.41) is 0.240. The van der Waals surface area contributed by atoms with E-state index in [4.69, 9.17) is 14.2 Å². The van der Waals surface area contributed by atoms with Gasteiger partial charge in [0.25, 0.3) is 0 Å². The summed E-state index contributed by atoms with van der Waals surface area (Å²) in [6.45, 7) is 6.06. The zero-order chi connectivity index (χ0) is 25.9. The quantitative estimate of drug-likeness (QED) is 0.330. The molecule has 6 nitrogen and oxygen atoms in total. The van der Waals surface area contributed by atoms with Gasteiger partial charge < -0.3 is 23.9 Å². The molecule has 4 rings (SSSR count). The molecule has 0 saturated heterocycles. The summed E-state index contributed by atoms with van der Waals surface area (Å²) in [7, 11) is 3.39. The van der Waals surface area contributed by atoms with Crippen molar-refractivity contribution in [1.82, 2.24) is 4.90 Å². The van der Waals surface area contributed by atoms with Crippen LogP contribution in [0, 0.1) is 0 Å². The molecule has 1 heterocycles. The van der Waals surface area contributed by atoms with Crippen LogP contribution in [-0.4, -0.2) is 54.9 Å². The SMILES string of the molecule is COc1ccc(CC=O)c2c1O[C@H]1C[C@@H](Sc3ccccc3)C=C[C@@]21CCN(C)C(=O)OC(C)(C)C. The summed E-state index contributed by atoms with van der Waals surface area (Å²) in [6.07, 6.45) is 6.65. The van der Waals surface area contributed by atoms with Gasteiger partial charge in [-0.2, -0.15) is 0 Å². The van der Waals surface area contributed by atoms with E-state index in [1.54, 1.807) is 19.1 Å². The average Bonchev–Trinajstić information content (AvgIpc) is 3.17. The monoisotopic (exact) mass is 509 g/mol. The number of ether oxygens (including phenoxy) is 3. The van der Waals surface area contributed by atoms with E-state index in [9.17, 15) is 9.59 Å². The Morgan fingerprint density at radius 3 is 2.64 bits per heavy atom. The smallest absolute Gasteiger partial charge is 0.410 e. The van der Waals surface area contributed by atoms with E-state index in [0.717, 1.165) is 23.8 Å². The zero-order valence-corrected chi connectivity index (χ0v) is 22.5. The summed E-state index contributed by atoms with van der Waals surface area (Å²) in [6, 6.07) is 14.2. The molecule has 192 valence electrons. The van der Waals surface area contributed by atoms with Crippen LogP contribution in [0.4, 0.5) is 4.79 Å². The summed E-state index contributed by atoms with van der Waals surface area (Å²) in [4.78, 5) is 27.1. The van der Waals surface area contributed by atoms with Gasteiger partial charge in [0.2, 0.25) is 0 Å². The number of hydrogen-bond donors (Lipinski definition) is 0. The highest BCUT2D eigenvalue weighted by Crippen LogP contribution is 2.55. The molecule has 3 atom stereocenters. The number of fused-ring (bicyclic) bond motifs is 3. The first-order valence-corrected chi connectivity index (χ1v) is 13.2. The van der Waals surface area contributed by atoms with Gasteiger partial charge in [-0.05, 0) is 51.0 Å². The lowest BCUT2D eigenvalue weighted by Crippen LogP contribution is -2.45. The second kappa shape index (κ2) is 10.6. The van der Waals surface area contributed by atoms with Crippen molar-refractivity contribution < 1.29 is 23.8 Å². The number of benzene rings is 2. The summed E-state index contributed by atoms with van der Waals surface area (Å²) in [5.74, 6) is 1.37. The molecule has 0 spiro atoms. The van der Waals surface area contributed by atoms with Crippen molar-refractivity contribution in [2.75, 3.05) is 20.7 Å². The Balaban J connectivity index is 1.68. The van der Waals surface area contributed by atoms with E-state index in [1.165, 1.54) is 4.90 Å². The number of thioether (sulfide) groups is 1. The molecule has 2 aromatic carbocycles. The number of hydrogen-bond acceptors (Lipinski definition) is 6. The second-order valence-electron chi connectivity index (χ2n) is 10.4. The Hall–Kier alpha value is -2.93. The molecule has 36 heavy (non-hydrogen) atoms.